The van der Waals surface area contributed by atoms with Crippen LogP contribution >= 0.6 is 0 Å². The largest absolute Gasteiger partial charge is 1.00 e. The molecular formula is C22H29B2N2NaO7-. The zero-order valence-corrected chi connectivity index (χ0v) is 22.2. The van der Waals surface area contributed by atoms with Gasteiger partial charge in [0.2, 0.25) is 11.8 Å². The Morgan fingerprint density at radius 1 is 1.03 bits per heavy atom. The second-order valence-electron chi connectivity index (χ2n) is 7.83. The van der Waals surface area contributed by atoms with Crippen LogP contribution in [0.2, 0.25) is 0 Å². The van der Waals surface area contributed by atoms with Crippen molar-refractivity contribution in [1.29, 1.82) is 0 Å². The van der Waals surface area contributed by atoms with Crippen molar-refractivity contribution in [3.63, 3.8) is 0 Å². The molecule has 2 aromatic rings. The first-order valence-corrected chi connectivity index (χ1v) is 10.3. The number of benzene rings is 2. The molecule has 0 fully saturated rings. The van der Waals surface area contributed by atoms with E-state index in [-0.39, 0.29) is 66.6 Å². The average molecular weight is 478 g/mol. The topological polar surface area (TPSA) is 151 Å². The van der Waals surface area contributed by atoms with Crippen LogP contribution in [0.3, 0.4) is 0 Å². The molecule has 0 atom stereocenters. The Bertz CT molecular complexity index is 945. The molecule has 34 heavy (non-hydrogen) atoms. The summed E-state index contributed by atoms with van der Waals surface area (Å²) < 4.78 is 5.16. The first kappa shape index (κ1) is 31.9. The fourth-order valence-corrected chi connectivity index (χ4v) is 2.54. The van der Waals surface area contributed by atoms with Crippen molar-refractivity contribution in [1.82, 2.24) is 0 Å². The third-order valence-corrected chi connectivity index (χ3v) is 4.36. The summed E-state index contributed by atoms with van der Waals surface area (Å²) in [5.41, 5.74) is 2.68. The van der Waals surface area contributed by atoms with Crippen LogP contribution in [0, 0.1) is 18.8 Å². The van der Waals surface area contributed by atoms with Crippen LogP contribution < -0.4 is 50.0 Å². The van der Waals surface area contributed by atoms with Crippen LogP contribution in [-0.4, -0.2) is 41.7 Å². The van der Waals surface area contributed by atoms with Gasteiger partial charge in [0.1, 0.15) is 5.75 Å². The number of fused-ring (bicyclic) bond motifs is 1. The molecule has 2 aromatic carbocycles. The standard InChI is InChI=1S/C11H14BNO3.C11H14NO2.BH2O2.Na/c1-7(2)11(14)13-9-3-4-10-8(5-9)6-12(15)16-10;1-7(2)11(14)12-9-4-5-10(13)8(3)6-9;2-1-3;/h3-5,7,15H,6H2,1-2H3,(H,13,14);4-7,13H,3H2,1-2H3,(H,12,14);2-3H;/q;-1;;+1/p-1. The van der Waals surface area contributed by atoms with E-state index in [1.54, 1.807) is 24.3 Å². The van der Waals surface area contributed by atoms with Gasteiger partial charge in [0, 0.05) is 23.8 Å². The van der Waals surface area contributed by atoms with Gasteiger partial charge in [-0.1, -0.05) is 33.8 Å². The van der Waals surface area contributed by atoms with Gasteiger partial charge in [-0.3, -0.25) is 9.59 Å². The molecule has 0 saturated heterocycles. The maximum absolute atomic E-state index is 11.5. The van der Waals surface area contributed by atoms with E-state index in [1.165, 1.54) is 6.07 Å². The summed E-state index contributed by atoms with van der Waals surface area (Å²) in [6, 6.07) is 9.93. The molecule has 1 aliphatic heterocycles. The molecule has 9 nitrogen and oxygen atoms in total. The summed E-state index contributed by atoms with van der Waals surface area (Å²) in [6.07, 6.45) is 0.473. The molecule has 0 unspecified atom stereocenters. The molecule has 12 heteroatoms. The Balaban J connectivity index is 0.000000564. The van der Waals surface area contributed by atoms with E-state index in [4.69, 9.17) is 14.7 Å². The number of carbonyl (C=O) groups excluding carboxylic acids is 2. The van der Waals surface area contributed by atoms with Gasteiger partial charge in [0.15, 0.2) is 0 Å². The van der Waals surface area contributed by atoms with E-state index in [0.717, 1.165) is 11.3 Å². The second-order valence-corrected chi connectivity index (χ2v) is 7.83. The van der Waals surface area contributed by atoms with Crippen molar-refractivity contribution < 1.29 is 64.0 Å². The molecule has 1 radical (unpaired) electrons. The number of hydrogen-bond donors (Lipinski definition) is 5. The third-order valence-electron chi connectivity index (χ3n) is 4.36. The molecule has 0 aliphatic carbocycles. The molecule has 0 spiro atoms. The minimum Gasteiger partial charge on any atom is -0.928 e. The zero-order chi connectivity index (χ0) is 25.1. The fraction of sp³-hybridized carbons (Fsp3) is 0.318. The Kier molecular flexibility index (Phi) is 14.7. The molecule has 177 valence electrons. The van der Waals surface area contributed by atoms with E-state index in [2.05, 4.69) is 17.6 Å². The van der Waals surface area contributed by atoms with Gasteiger partial charge < -0.3 is 35.5 Å². The van der Waals surface area contributed by atoms with Crippen LogP contribution in [0.4, 0.5) is 11.4 Å². The number of rotatable bonds is 4. The Morgan fingerprint density at radius 3 is 1.97 bits per heavy atom. The third kappa shape index (κ3) is 10.9. The van der Waals surface area contributed by atoms with Gasteiger partial charge in [-0.05, 0) is 29.4 Å². The van der Waals surface area contributed by atoms with Crippen LogP contribution in [0.25, 0.3) is 0 Å². The number of amides is 2. The molecule has 0 bridgehead atoms. The van der Waals surface area contributed by atoms with Crippen molar-refractivity contribution in [2.24, 2.45) is 11.8 Å². The van der Waals surface area contributed by atoms with Crippen LogP contribution in [0.1, 0.15) is 38.8 Å². The summed E-state index contributed by atoms with van der Waals surface area (Å²) in [4.78, 5) is 22.8. The first-order chi connectivity index (χ1) is 15.5. The van der Waals surface area contributed by atoms with Crippen molar-refractivity contribution >= 4 is 38.0 Å². The quantitative estimate of drug-likeness (QED) is 0.259. The summed E-state index contributed by atoms with van der Waals surface area (Å²) in [5.74, 6) is 0.371. The molecule has 0 aromatic heterocycles. The van der Waals surface area contributed by atoms with E-state index in [1.807, 2.05) is 33.8 Å². The van der Waals surface area contributed by atoms with Crippen LogP contribution in [0.15, 0.2) is 36.4 Å². The van der Waals surface area contributed by atoms with E-state index < -0.39 is 7.12 Å². The monoisotopic (exact) mass is 478 g/mol. The van der Waals surface area contributed by atoms with Crippen molar-refractivity contribution in [3.8, 4) is 11.5 Å². The number of anilines is 2. The Morgan fingerprint density at radius 2 is 1.50 bits per heavy atom. The predicted molar refractivity (Wildman–Crippen MR) is 126 cm³/mol. The summed E-state index contributed by atoms with van der Waals surface area (Å²) >= 11 is 0. The summed E-state index contributed by atoms with van der Waals surface area (Å²) in [7, 11) is -0.758. The van der Waals surface area contributed by atoms with Crippen molar-refractivity contribution in [2.45, 2.75) is 34.0 Å². The number of carbonyl (C=O) groups is 2. The molecule has 2 amide bonds. The van der Waals surface area contributed by atoms with Gasteiger partial charge in [-0.15, -0.1) is 12.1 Å². The maximum Gasteiger partial charge on any atom is 1.00 e. The Hall–Kier alpha value is -2.14. The van der Waals surface area contributed by atoms with E-state index >= 15 is 0 Å². The molecule has 1 heterocycles. The average Bonchev–Trinajstić information content (AvgIpc) is 3.11. The van der Waals surface area contributed by atoms with Gasteiger partial charge in [0.05, 0.1) is 0 Å². The number of nitrogens with one attached hydrogen (secondary N) is 2. The fourth-order valence-electron chi connectivity index (χ4n) is 2.54. The van der Waals surface area contributed by atoms with E-state index in [0.29, 0.717) is 23.3 Å². The van der Waals surface area contributed by atoms with Crippen LogP contribution in [-0.2, 0) is 15.9 Å². The van der Waals surface area contributed by atoms with Gasteiger partial charge in [-0.2, -0.15) is 6.92 Å². The van der Waals surface area contributed by atoms with Crippen molar-refractivity contribution in [3.05, 3.63) is 54.4 Å². The zero-order valence-electron chi connectivity index (χ0n) is 20.2. The van der Waals surface area contributed by atoms with Crippen molar-refractivity contribution in [2.75, 3.05) is 10.6 Å². The number of hydrogen-bond acceptors (Lipinski definition) is 7. The second kappa shape index (κ2) is 15.7. The normalized spacial score (nSPS) is 11.0. The van der Waals surface area contributed by atoms with Gasteiger partial charge in [0.25, 0.3) is 0 Å². The summed E-state index contributed by atoms with van der Waals surface area (Å²) in [5, 5.41) is 39.8. The van der Waals surface area contributed by atoms with Crippen LogP contribution in [0.5, 0.6) is 11.5 Å². The summed E-state index contributed by atoms with van der Waals surface area (Å²) in [6.45, 7) is 10.9. The van der Waals surface area contributed by atoms with Gasteiger partial charge >= 0.3 is 44.4 Å². The Labute approximate surface area is 223 Å². The first-order valence-electron chi connectivity index (χ1n) is 10.3. The molecule has 1 aliphatic rings. The predicted octanol–water partition coefficient (Wildman–Crippen LogP) is -1.72. The smallest absolute Gasteiger partial charge is 0.928 e. The maximum atomic E-state index is 11.5. The molecule has 5 N–H and O–H groups in total. The minimum absolute atomic E-state index is 0. The molecule has 3 rings (SSSR count). The SMILES string of the molecule is CC(C)C(=O)Nc1ccc2c(c1)CB(O)O2.O[B]O.[CH2-]c1cc(NC(=O)C(C)C)ccc1[O-].[Na+]. The van der Waals surface area contributed by atoms with Gasteiger partial charge in [-0.25, -0.2) is 11.3 Å². The molecular weight excluding hydrogens is 449 g/mol. The molecule has 0 saturated carbocycles. The van der Waals surface area contributed by atoms with E-state index in [9.17, 15) is 19.7 Å². The minimum atomic E-state index is -0.758.